The Morgan fingerprint density at radius 2 is 2.03 bits per heavy atom. The van der Waals surface area contributed by atoms with Crippen LogP contribution in [0.4, 0.5) is 8.78 Å². The normalized spacial score (nSPS) is 15.3. The molecule has 0 saturated carbocycles. The maximum absolute atomic E-state index is 14.3. The lowest BCUT2D eigenvalue weighted by atomic mass is 10.1. The summed E-state index contributed by atoms with van der Waals surface area (Å²) in [6, 6.07) is 5.25. The first kappa shape index (κ1) is 23.2. The Hall–Kier alpha value is -3.89. The quantitative estimate of drug-likeness (QED) is 0.371. The SMILES string of the molecule is [2H]C([2H])(Oc1cc2n(c(=O)c1Cl)-c1cc(-n3ccc(C(C)(C)O)n3)ncc1C/C=C\CC2)c1ncc(F)cc1F. The number of ether oxygens (including phenoxy) is 1. The molecule has 1 aliphatic heterocycles. The molecule has 0 fully saturated rings. The number of fused-ring (bicyclic) bond motifs is 3. The average molecular weight is 542 g/mol. The minimum Gasteiger partial charge on any atom is -0.485 e. The van der Waals surface area contributed by atoms with Crippen molar-refractivity contribution in [3.8, 4) is 17.3 Å². The molecule has 0 spiro atoms. The number of hydrogen-bond acceptors (Lipinski definition) is 6. The first-order valence-corrected chi connectivity index (χ1v) is 12.1. The lowest BCUT2D eigenvalue weighted by Crippen LogP contribution is -2.24. The van der Waals surface area contributed by atoms with Gasteiger partial charge in [0.15, 0.2) is 11.6 Å². The summed E-state index contributed by atoms with van der Waals surface area (Å²) >= 11 is 6.42. The molecule has 5 rings (SSSR count). The van der Waals surface area contributed by atoms with Gasteiger partial charge >= 0.3 is 0 Å². The second kappa shape index (κ2) is 10.1. The van der Waals surface area contributed by atoms with Gasteiger partial charge in [-0.25, -0.2) is 18.4 Å². The highest BCUT2D eigenvalue weighted by atomic mass is 35.5. The second-order valence-corrected chi connectivity index (χ2v) is 9.61. The van der Waals surface area contributed by atoms with Gasteiger partial charge in [-0.3, -0.25) is 14.3 Å². The minimum absolute atomic E-state index is 0.311. The van der Waals surface area contributed by atoms with Crippen LogP contribution in [0.1, 0.15) is 45.7 Å². The van der Waals surface area contributed by atoms with E-state index in [4.69, 9.17) is 19.1 Å². The molecule has 0 saturated heterocycles. The van der Waals surface area contributed by atoms with Gasteiger partial charge in [0.2, 0.25) is 0 Å². The summed E-state index contributed by atoms with van der Waals surface area (Å²) in [6.07, 6.45) is 9.26. The van der Waals surface area contributed by atoms with E-state index in [0.29, 0.717) is 54.4 Å². The summed E-state index contributed by atoms with van der Waals surface area (Å²) in [5, 5.41) is 14.3. The predicted octanol–water partition coefficient (Wildman–Crippen LogP) is 4.60. The zero-order valence-corrected chi connectivity index (χ0v) is 21.2. The topological polar surface area (TPSA) is 95.1 Å². The Bertz CT molecular complexity index is 1700. The van der Waals surface area contributed by atoms with E-state index >= 15 is 0 Å². The Morgan fingerprint density at radius 3 is 2.76 bits per heavy atom. The van der Waals surface area contributed by atoms with Crippen molar-refractivity contribution in [2.75, 3.05) is 0 Å². The van der Waals surface area contributed by atoms with E-state index in [2.05, 4.69) is 15.1 Å². The van der Waals surface area contributed by atoms with Crippen LogP contribution in [0.15, 0.2) is 59.8 Å². The Labute approximate surface area is 224 Å². The van der Waals surface area contributed by atoms with Crippen molar-refractivity contribution in [3.05, 3.63) is 105 Å². The van der Waals surface area contributed by atoms with Crippen LogP contribution in [-0.4, -0.2) is 29.4 Å². The van der Waals surface area contributed by atoms with Crippen LogP contribution >= 0.6 is 11.6 Å². The van der Waals surface area contributed by atoms with Crippen molar-refractivity contribution >= 4 is 11.6 Å². The number of hydrogen-bond donors (Lipinski definition) is 1. The van der Waals surface area contributed by atoms with Gasteiger partial charge in [0.25, 0.3) is 5.56 Å². The van der Waals surface area contributed by atoms with Gasteiger partial charge in [0.1, 0.15) is 34.4 Å². The fraction of sp³-hybridized carbons (Fsp3) is 0.259. The maximum atomic E-state index is 14.3. The molecule has 0 bridgehead atoms. The van der Waals surface area contributed by atoms with E-state index in [1.54, 1.807) is 38.4 Å². The first-order chi connectivity index (χ1) is 18.8. The fourth-order valence-electron chi connectivity index (χ4n) is 4.02. The molecule has 0 amide bonds. The van der Waals surface area contributed by atoms with Crippen molar-refractivity contribution in [2.45, 2.75) is 45.3 Å². The maximum Gasteiger partial charge on any atom is 0.277 e. The molecule has 196 valence electrons. The third-order valence-electron chi connectivity index (χ3n) is 5.97. The highest BCUT2D eigenvalue weighted by Crippen LogP contribution is 2.28. The molecule has 4 aromatic rings. The number of rotatable bonds is 5. The number of aryl methyl sites for hydroxylation is 1. The highest BCUT2D eigenvalue weighted by molar-refractivity contribution is 6.31. The second-order valence-electron chi connectivity index (χ2n) is 9.23. The van der Waals surface area contributed by atoms with E-state index < -0.39 is 40.1 Å². The van der Waals surface area contributed by atoms with Crippen molar-refractivity contribution in [2.24, 2.45) is 0 Å². The molecule has 5 heterocycles. The van der Waals surface area contributed by atoms with Gasteiger partial charge in [-0.1, -0.05) is 23.8 Å². The molecule has 38 heavy (non-hydrogen) atoms. The Kier molecular flexibility index (Phi) is 6.18. The standard InChI is InChI=1S/C27H24ClF2N5O3/c1-27(2,37)23-8-9-34(33-23)24-12-21-16(13-32-24)6-4-3-5-7-18-11-22(25(28)26(36)35(18)21)38-15-20-19(30)10-17(29)14-31-20/h3-4,8-14,37H,5-7,15H2,1-2H3/b4-3-/i15D2. The predicted molar refractivity (Wildman–Crippen MR) is 137 cm³/mol. The van der Waals surface area contributed by atoms with Gasteiger partial charge in [-0.2, -0.15) is 5.10 Å². The number of aliphatic hydroxyl groups is 1. The number of allylic oxidation sites excluding steroid dienone is 2. The largest absolute Gasteiger partial charge is 0.485 e. The minimum atomic E-state index is -2.86. The summed E-state index contributed by atoms with van der Waals surface area (Å²) in [7, 11) is 0. The van der Waals surface area contributed by atoms with Crippen molar-refractivity contribution in [3.63, 3.8) is 0 Å². The van der Waals surface area contributed by atoms with Crippen LogP contribution in [0.3, 0.4) is 0 Å². The van der Waals surface area contributed by atoms with Crippen molar-refractivity contribution in [1.82, 2.24) is 24.3 Å². The molecular weight excluding hydrogens is 516 g/mol. The average Bonchev–Trinajstić information content (AvgIpc) is 3.40. The third kappa shape index (κ3) is 5.09. The molecule has 0 atom stereocenters. The Morgan fingerprint density at radius 1 is 1.21 bits per heavy atom. The lowest BCUT2D eigenvalue weighted by Gasteiger charge is -2.19. The zero-order chi connectivity index (χ0) is 28.8. The summed E-state index contributed by atoms with van der Waals surface area (Å²) in [4.78, 5) is 21.7. The summed E-state index contributed by atoms with van der Waals surface area (Å²) in [6.45, 7) is 0.367. The molecule has 0 unspecified atom stereocenters. The number of nitrogens with zero attached hydrogens (tertiary/aromatic N) is 5. The number of aromatic nitrogens is 5. The van der Waals surface area contributed by atoms with E-state index in [-0.39, 0.29) is 5.75 Å². The summed E-state index contributed by atoms with van der Waals surface area (Å²) in [5.74, 6) is -2.14. The third-order valence-corrected chi connectivity index (χ3v) is 6.32. The van der Waals surface area contributed by atoms with Crippen LogP contribution in [0, 0.1) is 11.6 Å². The summed E-state index contributed by atoms with van der Waals surface area (Å²) in [5.41, 5.74) is -0.544. The Balaban J connectivity index is 1.62. The van der Waals surface area contributed by atoms with Crippen LogP contribution in [0.5, 0.6) is 5.75 Å². The number of halogens is 3. The van der Waals surface area contributed by atoms with Crippen LogP contribution in [0.25, 0.3) is 11.5 Å². The lowest BCUT2D eigenvalue weighted by molar-refractivity contribution is 0.0734. The molecular formula is C27H24ClF2N5O3. The smallest absolute Gasteiger partial charge is 0.277 e. The molecule has 4 aromatic heterocycles. The fourth-order valence-corrected chi connectivity index (χ4v) is 4.20. The number of pyridine rings is 3. The van der Waals surface area contributed by atoms with Crippen molar-refractivity contribution < 1.29 is 21.4 Å². The van der Waals surface area contributed by atoms with Gasteiger partial charge in [0.05, 0.1) is 20.3 Å². The molecule has 1 aliphatic rings. The summed E-state index contributed by atoms with van der Waals surface area (Å²) < 4.78 is 52.4. The molecule has 0 aliphatic carbocycles. The van der Waals surface area contributed by atoms with E-state index in [0.717, 1.165) is 5.56 Å². The monoisotopic (exact) mass is 541 g/mol. The van der Waals surface area contributed by atoms with Gasteiger partial charge in [-0.05, 0) is 44.7 Å². The molecule has 0 radical (unpaired) electrons. The molecule has 1 N–H and O–H groups in total. The van der Waals surface area contributed by atoms with E-state index in [1.165, 1.54) is 15.3 Å². The van der Waals surface area contributed by atoms with E-state index in [1.807, 2.05) is 12.2 Å². The van der Waals surface area contributed by atoms with E-state index in [9.17, 15) is 18.7 Å². The van der Waals surface area contributed by atoms with Crippen LogP contribution in [-0.2, 0) is 25.0 Å². The molecule has 0 aromatic carbocycles. The zero-order valence-electron chi connectivity index (χ0n) is 22.5. The highest BCUT2D eigenvalue weighted by Gasteiger charge is 2.22. The van der Waals surface area contributed by atoms with Crippen LogP contribution < -0.4 is 10.3 Å². The van der Waals surface area contributed by atoms with Gasteiger partial charge in [0, 0.05) is 36.3 Å². The first-order valence-electron chi connectivity index (χ1n) is 12.7. The molecule has 8 nitrogen and oxygen atoms in total. The van der Waals surface area contributed by atoms with Gasteiger partial charge in [-0.15, -0.1) is 0 Å². The van der Waals surface area contributed by atoms with Crippen molar-refractivity contribution in [1.29, 1.82) is 0 Å². The molecule has 11 heteroatoms. The van der Waals surface area contributed by atoms with Crippen LogP contribution in [0.2, 0.25) is 5.02 Å². The van der Waals surface area contributed by atoms with Gasteiger partial charge < -0.3 is 9.84 Å².